The number of carbonyl (C=O) groups excluding carboxylic acids is 1. The number of aromatic nitrogens is 2. The maximum atomic E-state index is 11.0. The van der Waals surface area contributed by atoms with Crippen molar-refractivity contribution in [3.8, 4) is 0 Å². The molecular formula is C11H18N2O. The van der Waals surface area contributed by atoms with Gasteiger partial charge in [0, 0.05) is 31.3 Å². The smallest absolute Gasteiger partial charge is 0.131 e. The molecule has 1 atom stereocenters. The SMILES string of the molecule is CCCc1nccn1C(C)CC(C)=O. The highest BCUT2D eigenvalue weighted by atomic mass is 16.1. The van der Waals surface area contributed by atoms with Gasteiger partial charge in [-0.15, -0.1) is 0 Å². The van der Waals surface area contributed by atoms with Gasteiger partial charge < -0.3 is 4.57 Å². The maximum absolute atomic E-state index is 11.0. The molecule has 0 aliphatic rings. The van der Waals surface area contributed by atoms with Crippen LogP contribution in [0.4, 0.5) is 0 Å². The van der Waals surface area contributed by atoms with Gasteiger partial charge in [-0.25, -0.2) is 4.98 Å². The summed E-state index contributed by atoms with van der Waals surface area (Å²) in [6, 6.07) is 0.233. The molecule has 0 N–H and O–H groups in total. The van der Waals surface area contributed by atoms with Crippen LogP contribution in [-0.2, 0) is 11.2 Å². The van der Waals surface area contributed by atoms with Crippen LogP contribution < -0.4 is 0 Å². The minimum atomic E-state index is 0.230. The van der Waals surface area contributed by atoms with Crippen LogP contribution in [-0.4, -0.2) is 15.3 Å². The Morgan fingerprint density at radius 1 is 1.64 bits per heavy atom. The van der Waals surface area contributed by atoms with E-state index >= 15 is 0 Å². The van der Waals surface area contributed by atoms with Gasteiger partial charge in [-0.1, -0.05) is 6.92 Å². The Hall–Kier alpha value is -1.12. The van der Waals surface area contributed by atoms with Crippen molar-refractivity contribution in [3.63, 3.8) is 0 Å². The summed E-state index contributed by atoms with van der Waals surface area (Å²) in [6.07, 6.45) is 6.42. The summed E-state index contributed by atoms with van der Waals surface area (Å²) >= 11 is 0. The molecule has 78 valence electrons. The Kier molecular flexibility index (Phi) is 3.86. The molecule has 0 saturated heterocycles. The lowest BCUT2D eigenvalue weighted by molar-refractivity contribution is -0.117. The molecule has 0 aliphatic heterocycles. The summed E-state index contributed by atoms with van der Waals surface area (Å²) in [5.74, 6) is 1.31. The summed E-state index contributed by atoms with van der Waals surface area (Å²) in [6.45, 7) is 5.82. The molecule has 0 bridgehead atoms. The van der Waals surface area contributed by atoms with Crippen LogP contribution in [0.25, 0.3) is 0 Å². The van der Waals surface area contributed by atoms with Gasteiger partial charge in [0.1, 0.15) is 11.6 Å². The number of aryl methyl sites for hydroxylation is 1. The molecule has 0 aliphatic carbocycles. The van der Waals surface area contributed by atoms with E-state index in [1.54, 1.807) is 6.92 Å². The van der Waals surface area contributed by atoms with Crippen LogP contribution in [0.1, 0.15) is 45.5 Å². The monoisotopic (exact) mass is 194 g/mol. The number of Topliss-reactive ketones (excluding diaryl/α,β-unsaturated/α-hetero) is 1. The van der Waals surface area contributed by atoms with Gasteiger partial charge in [-0.05, 0) is 20.3 Å². The molecule has 0 saturated carbocycles. The summed E-state index contributed by atoms with van der Waals surface area (Å²) in [4.78, 5) is 15.3. The molecule has 0 fully saturated rings. The third kappa shape index (κ3) is 2.69. The van der Waals surface area contributed by atoms with E-state index in [-0.39, 0.29) is 11.8 Å². The number of carbonyl (C=O) groups is 1. The highest BCUT2D eigenvalue weighted by Crippen LogP contribution is 2.14. The van der Waals surface area contributed by atoms with E-state index in [1.807, 2.05) is 12.4 Å². The van der Waals surface area contributed by atoms with Crippen LogP contribution in [0.15, 0.2) is 12.4 Å². The predicted octanol–water partition coefficient (Wildman–Crippen LogP) is 2.38. The Bertz CT molecular complexity index is 304. The number of hydrogen-bond donors (Lipinski definition) is 0. The zero-order valence-electron chi connectivity index (χ0n) is 9.16. The van der Waals surface area contributed by atoms with E-state index < -0.39 is 0 Å². The second kappa shape index (κ2) is 4.94. The van der Waals surface area contributed by atoms with E-state index in [1.165, 1.54) is 0 Å². The second-order valence-electron chi connectivity index (χ2n) is 3.76. The molecule has 1 heterocycles. The van der Waals surface area contributed by atoms with Crippen molar-refractivity contribution in [2.24, 2.45) is 0 Å². The molecule has 1 aromatic heterocycles. The normalized spacial score (nSPS) is 12.8. The predicted molar refractivity (Wildman–Crippen MR) is 56.2 cm³/mol. The molecule has 1 unspecified atom stereocenters. The van der Waals surface area contributed by atoms with Crippen molar-refractivity contribution in [3.05, 3.63) is 18.2 Å². The average molecular weight is 194 g/mol. The van der Waals surface area contributed by atoms with Gasteiger partial charge in [0.2, 0.25) is 0 Å². The minimum absolute atomic E-state index is 0.230. The Balaban J connectivity index is 2.72. The van der Waals surface area contributed by atoms with E-state index in [0.717, 1.165) is 18.7 Å². The fourth-order valence-electron chi connectivity index (χ4n) is 1.68. The Morgan fingerprint density at radius 2 is 2.36 bits per heavy atom. The molecule has 3 heteroatoms. The van der Waals surface area contributed by atoms with Crippen molar-refractivity contribution >= 4 is 5.78 Å². The van der Waals surface area contributed by atoms with Gasteiger partial charge in [-0.2, -0.15) is 0 Å². The van der Waals surface area contributed by atoms with Crippen molar-refractivity contribution < 1.29 is 4.79 Å². The zero-order valence-corrected chi connectivity index (χ0v) is 9.16. The average Bonchev–Trinajstić information content (AvgIpc) is 2.51. The van der Waals surface area contributed by atoms with E-state index in [9.17, 15) is 4.79 Å². The number of hydrogen-bond acceptors (Lipinski definition) is 2. The van der Waals surface area contributed by atoms with Gasteiger partial charge in [-0.3, -0.25) is 4.79 Å². The lowest BCUT2D eigenvalue weighted by atomic mass is 10.1. The van der Waals surface area contributed by atoms with Crippen LogP contribution in [0, 0.1) is 0 Å². The highest BCUT2D eigenvalue weighted by molar-refractivity contribution is 5.75. The number of rotatable bonds is 5. The molecule has 1 rings (SSSR count). The fourth-order valence-corrected chi connectivity index (χ4v) is 1.68. The van der Waals surface area contributed by atoms with Crippen LogP contribution in [0.3, 0.4) is 0 Å². The van der Waals surface area contributed by atoms with Gasteiger partial charge in [0.05, 0.1) is 0 Å². The topological polar surface area (TPSA) is 34.9 Å². The van der Waals surface area contributed by atoms with E-state index in [2.05, 4.69) is 23.4 Å². The van der Waals surface area contributed by atoms with Crippen molar-refractivity contribution in [2.45, 2.75) is 46.1 Å². The summed E-state index contributed by atoms with van der Waals surface area (Å²) in [7, 11) is 0. The second-order valence-corrected chi connectivity index (χ2v) is 3.76. The zero-order chi connectivity index (χ0) is 10.6. The van der Waals surface area contributed by atoms with Crippen LogP contribution in [0.2, 0.25) is 0 Å². The fraction of sp³-hybridized carbons (Fsp3) is 0.636. The minimum Gasteiger partial charge on any atom is -0.332 e. The van der Waals surface area contributed by atoms with Crippen LogP contribution in [0.5, 0.6) is 0 Å². The first-order chi connectivity index (χ1) is 6.65. The molecule has 0 spiro atoms. The molecule has 0 aromatic carbocycles. The molecule has 1 aromatic rings. The summed E-state index contributed by atoms with van der Waals surface area (Å²) in [5.41, 5.74) is 0. The van der Waals surface area contributed by atoms with Crippen molar-refractivity contribution in [1.82, 2.24) is 9.55 Å². The molecule has 14 heavy (non-hydrogen) atoms. The summed E-state index contributed by atoms with van der Waals surface area (Å²) in [5, 5.41) is 0. The van der Waals surface area contributed by atoms with Crippen molar-refractivity contribution in [2.75, 3.05) is 0 Å². The molecular weight excluding hydrogens is 176 g/mol. The Morgan fingerprint density at radius 3 is 2.93 bits per heavy atom. The van der Waals surface area contributed by atoms with Gasteiger partial charge >= 0.3 is 0 Å². The quantitative estimate of drug-likeness (QED) is 0.721. The van der Waals surface area contributed by atoms with E-state index in [4.69, 9.17) is 0 Å². The first kappa shape index (κ1) is 11.0. The lowest BCUT2D eigenvalue weighted by Gasteiger charge is -2.14. The van der Waals surface area contributed by atoms with Gasteiger partial charge in [0.15, 0.2) is 0 Å². The van der Waals surface area contributed by atoms with E-state index in [0.29, 0.717) is 6.42 Å². The Labute approximate surface area is 85.2 Å². The largest absolute Gasteiger partial charge is 0.332 e. The number of ketones is 1. The molecule has 0 amide bonds. The van der Waals surface area contributed by atoms with Crippen molar-refractivity contribution in [1.29, 1.82) is 0 Å². The number of nitrogens with zero attached hydrogens (tertiary/aromatic N) is 2. The molecule has 0 radical (unpaired) electrons. The van der Waals surface area contributed by atoms with Gasteiger partial charge in [0.25, 0.3) is 0 Å². The lowest BCUT2D eigenvalue weighted by Crippen LogP contribution is -2.11. The number of imidazole rings is 1. The standard InChI is InChI=1S/C11H18N2O/c1-4-5-11-12-6-7-13(11)9(2)8-10(3)14/h6-7,9H,4-5,8H2,1-3H3. The molecule has 3 nitrogen and oxygen atoms in total. The first-order valence-corrected chi connectivity index (χ1v) is 5.16. The third-order valence-electron chi connectivity index (χ3n) is 2.28. The first-order valence-electron chi connectivity index (χ1n) is 5.16. The summed E-state index contributed by atoms with van der Waals surface area (Å²) < 4.78 is 2.10. The highest BCUT2D eigenvalue weighted by Gasteiger charge is 2.10. The van der Waals surface area contributed by atoms with Crippen LogP contribution >= 0.6 is 0 Å². The third-order valence-corrected chi connectivity index (χ3v) is 2.28. The maximum Gasteiger partial charge on any atom is 0.131 e.